The summed E-state index contributed by atoms with van der Waals surface area (Å²) in [6.45, 7) is 14.4. The Kier molecular flexibility index (Phi) is 51.9. The summed E-state index contributed by atoms with van der Waals surface area (Å²) in [5, 5.41) is 31.8. The van der Waals surface area contributed by atoms with Gasteiger partial charge in [0.2, 0.25) is 5.78 Å². The fraction of sp³-hybridized carbons (Fsp3) is 0.436. The van der Waals surface area contributed by atoms with Crippen molar-refractivity contribution in [3.8, 4) is 0 Å². The topological polar surface area (TPSA) is 319 Å². The van der Waals surface area contributed by atoms with E-state index in [0.717, 1.165) is 70.9 Å². The van der Waals surface area contributed by atoms with Crippen LogP contribution in [0.15, 0.2) is 30.3 Å². The van der Waals surface area contributed by atoms with Gasteiger partial charge in [-0.05, 0) is 109 Å². The van der Waals surface area contributed by atoms with Crippen molar-refractivity contribution in [2.45, 2.75) is 80.4 Å². The molecule has 0 aromatic carbocycles. The monoisotopic (exact) mass is 1420 g/mol. The summed E-state index contributed by atoms with van der Waals surface area (Å²) in [5.74, 6) is -2.89. The van der Waals surface area contributed by atoms with Gasteiger partial charge in [-0.15, -0.1) is 0 Å². The molecule has 0 atom stereocenters. The molecule has 5 aromatic heterocycles. The first-order chi connectivity index (χ1) is 41.8. The van der Waals surface area contributed by atoms with E-state index in [1.807, 2.05) is 13.8 Å². The summed E-state index contributed by atoms with van der Waals surface area (Å²) in [6, 6.07) is 6.89. The zero-order chi connectivity index (χ0) is 69.8. The van der Waals surface area contributed by atoms with Gasteiger partial charge in [-0.2, -0.15) is 47.9 Å². The predicted molar refractivity (Wildman–Crippen MR) is 350 cm³/mol. The molecule has 0 spiro atoms. The molecule has 20 radical (unpaired) electrons. The van der Waals surface area contributed by atoms with Crippen LogP contribution < -0.4 is 101 Å². The van der Waals surface area contributed by atoms with Crippen molar-refractivity contribution < 1.29 is 131 Å². The predicted octanol–water partition coefficient (Wildman–Crippen LogP) is -6.70. The molecule has 5 N–H and O–H groups in total. The number of esters is 2. The second-order valence-electron chi connectivity index (χ2n) is 15.9. The van der Waals surface area contributed by atoms with E-state index in [1.54, 1.807) is 77.0 Å². The summed E-state index contributed by atoms with van der Waals surface area (Å²) >= 11 is 4.67. The average Bonchev–Trinajstić information content (AvgIpc) is 1.82. The van der Waals surface area contributed by atoms with Gasteiger partial charge in [0, 0.05) is 28.1 Å². The molecule has 87 heavy (non-hydrogen) atoms. The number of hydrogen-bond acceptors (Lipinski definition) is 18. The molecule has 48 heteroatoms. The quantitative estimate of drug-likeness (QED) is 0.0114. The second kappa shape index (κ2) is 53.4. The Morgan fingerprint density at radius 1 is 0.736 bits per heavy atom. The Balaban J connectivity index is -0.000000152. The largest absolute Gasteiger partial charge is 1.00 e. The van der Waals surface area contributed by atoms with E-state index in [1.165, 1.54) is 36.1 Å². The maximum Gasteiger partial charge on any atom is 1.00 e. The number of ether oxygens (including phenoxy) is 4. The zero-order valence-corrected chi connectivity index (χ0v) is 55.8. The van der Waals surface area contributed by atoms with Gasteiger partial charge in [-0.1, -0.05) is 21.3 Å². The number of carbonyl (C=O) groups excluding carboxylic acids is 6. The zero-order valence-electron chi connectivity index (χ0n) is 55.0. The number of methoxy groups -OCH3 is 2. The summed E-state index contributed by atoms with van der Waals surface area (Å²) in [7, 11) is 12.0. The van der Waals surface area contributed by atoms with Crippen LogP contribution in [0.3, 0.4) is 0 Å². The number of hydrogen-bond donors (Lipinski definition) is 4. The molecule has 26 nitrogen and oxygen atoms in total. The van der Waals surface area contributed by atoms with Crippen LogP contribution in [-0.4, -0.2) is 256 Å². The van der Waals surface area contributed by atoms with E-state index in [2.05, 4.69) is 73.2 Å². The van der Waals surface area contributed by atoms with Crippen LogP contribution in [0.5, 0.6) is 0 Å². The Morgan fingerprint density at radius 2 is 1.15 bits per heavy atom. The number of nitrogens with one attached hydrogen (secondary N) is 2. The third-order valence-corrected chi connectivity index (χ3v) is 8.02. The number of carboxylic acids is 1. The van der Waals surface area contributed by atoms with Crippen molar-refractivity contribution in [2.24, 2.45) is 5.73 Å². The van der Waals surface area contributed by atoms with Gasteiger partial charge in [0.25, 0.3) is 0 Å². The average molecular weight is 1420 g/mol. The first-order valence-electron chi connectivity index (χ1n) is 25.9. The summed E-state index contributed by atoms with van der Waals surface area (Å²) in [5.41, 5.74) is 8.39. The maximum absolute atomic E-state index is 12.5. The molecule has 5 aromatic rings. The number of halogens is 7. The Bertz CT molecular complexity index is 2830. The van der Waals surface area contributed by atoms with E-state index in [-0.39, 0.29) is 145 Å². The summed E-state index contributed by atoms with van der Waals surface area (Å²) in [6.07, 6.45) is -1.84. The smallest absolute Gasteiger partial charge is 1.00 e. The number of ketones is 1. The van der Waals surface area contributed by atoms with Crippen molar-refractivity contribution >= 4 is 233 Å². The number of Topliss-reactive ketones (excluding diaryl/α,β-unsaturated/α-hetero) is 1. The van der Waals surface area contributed by atoms with E-state index in [4.69, 9.17) is 22.6 Å². The molecule has 0 unspecified atom stereocenters. The Labute approximate surface area is 592 Å². The Morgan fingerprint density at radius 3 is 1.49 bits per heavy atom. The molecular formula is C39H60B14BrF5IKN14O12. The molecule has 0 fully saturated rings. The van der Waals surface area contributed by atoms with E-state index < -0.39 is 59.2 Å². The van der Waals surface area contributed by atoms with Crippen molar-refractivity contribution in [1.29, 1.82) is 8.01 Å². The van der Waals surface area contributed by atoms with Crippen molar-refractivity contribution in [1.82, 2.24) is 47.6 Å². The number of nitrogens with two attached hydrogens (primary N) is 1. The molecule has 450 valence electrons. The van der Waals surface area contributed by atoms with E-state index >= 15 is 0 Å². The molecule has 0 aliphatic carbocycles. The van der Waals surface area contributed by atoms with Crippen LogP contribution in [-0.2, 0) is 33.3 Å². The van der Waals surface area contributed by atoms with Gasteiger partial charge in [0.05, 0.1) is 42.5 Å². The number of carbonyl (C=O) groups is 7. The van der Waals surface area contributed by atoms with Gasteiger partial charge in [-0.25, -0.2) is 27.7 Å². The standard InChI is InChI=1S/C9H14B2FN3O2.C8H12B2FN3O2.C5H5BBrN2O2.C5H6BO4.C4H6B2FN3.C4H3B2FN2O2.C2H6.CH4BFN.CH4.BI.2B.K/c1-9(2,3)17-8(16)14(4)7-5-6(10)15(11-12)13-7;1-8(2,3)16-7(15)12-6-4-5(9)14(10-11)13-6;1-11-5(10)3-2-4(6)9(7)8-3;1-10-5(9)3(7)2-4(6)8;1-8-4-2-3(5)10(6-7)9-4;5-3-1-2(4(10)11)8-9(3)6-7;1-2;3-2-1-4;;1-2;;;/h5,10H,1-4H3;4,9H,1-3H3,(H,12,13,15);2,6H,1H3;6H,2H2,1H3;2,5H,1H3,(H,8,9);1,5H,(H,10,11);1-2H3;1,4H2;1H4;;;;/q;;;;;;;;;;;-1;+1/i10D;9D;2*6D;2*5D;;;;;;;. The number of amides is 2. The molecule has 0 aliphatic rings. The van der Waals surface area contributed by atoms with Crippen molar-refractivity contribution in [3.63, 3.8) is 0 Å². The number of rotatable bonds is 19. The minimum absolute atomic E-state index is 0. The minimum atomic E-state index is -1.25. The third-order valence-electron chi connectivity index (χ3n) is 7.46. The van der Waals surface area contributed by atoms with Crippen LogP contribution >= 0.6 is 38.5 Å². The molecule has 0 bridgehead atoms. The molecule has 5 heterocycles. The maximum atomic E-state index is 12.5. The normalized spacial score (nSPS) is 9.79. The number of aromatic carboxylic acids is 1. The van der Waals surface area contributed by atoms with Crippen LogP contribution in [0.1, 0.15) is 90.2 Å². The molecular weight excluding hydrogens is 1350 g/mol. The fourth-order valence-electron chi connectivity index (χ4n) is 4.14. The number of aromatic nitrogens is 10. The molecule has 2 amide bonds. The van der Waals surface area contributed by atoms with Gasteiger partial charge in [0.1, 0.15) is 17.0 Å². The van der Waals surface area contributed by atoms with Gasteiger partial charge < -0.3 is 69.9 Å². The van der Waals surface area contributed by atoms with Crippen LogP contribution in [0.2, 0.25) is 0 Å². The molecule has 5 rings (SSSR count). The Hall–Kier alpha value is -4.49. The first-order valence-corrected chi connectivity index (χ1v) is 24.4. The van der Waals surface area contributed by atoms with Crippen LogP contribution in [0.4, 0.5) is 48.6 Å². The van der Waals surface area contributed by atoms with Crippen LogP contribution in [0, 0.1) is 0 Å². The molecule has 0 saturated heterocycles. The number of carboxylic acid groups (broad SMARTS) is 1. The number of anilines is 3. The van der Waals surface area contributed by atoms with Gasteiger partial charge >= 0.3 is 120 Å². The number of nitrogens with zero attached hydrogens (tertiary/aromatic N) is 11. The van der Waals surface area contributed by atoms with E-state index in [0.29, 0.717) is 44.7 Å². The summed E-state index contributed by atoms with van der Waals surface area (Å²) < 4.78 is 123. The van der Waals surface area contributed by atoms with Crippen molar-refractivity contribution in [2.75, 3.05) is 50.3 Å². The summed E-state index contributed by atoms with van der Waals surface area (Å²) in [4.78, 5) is 76.8. The second-order valence-corrected chi connectivity index (χ2v) is 16.6. The van der Waals surface area contributed by atoms with Crippen LogP contribution in [0.25, 0.3) is 0 Å². The first kappa shape index (κ1) is 84.6. The third kappa shape index (κ3) is 43.8. The van der Waals surface area contributed by atoms with E-state index in [9.17, 15) is 55.1 Å². The van der Waals surface area contributed by atoms with Gasteiger partial charge in [0.15, 0.2) is 75.6 Å². The van der Waals surface area contributed by atoms with Gasteiger partial charge in [-0.3, -0.25) is 33.4 Å². The molecule has 0 saturated carbocycles. The SMILES string of the molecule is C.CC.NC[B]F.[2H][B]C(=O)CC(=O)C(=O)OC.[2H][B]c1cc(C(=O)O)nn1[B]F.[2H][B]c1cc(C(=O)OC)nn1Br.[2H][B]c1cc(N(C)C(=O)OC(C)(C)C)nn1[B]F.[2H][B]c1cc(NC(=O)OC(C)(C)C)nn1[B]F.[2H][B]c1cc(NC)nn1[B]F.[B-].[B].[B]I.[K+]. The minimum Gasteiger partial charge on any atom is -1.00 e. The van der Waals surface area contributed by atoms with Crippen molar-refractivity contribution in [3.05, 3.63) is 41.7 Å². The fourth-order valence-corrected chi connectivity index (χ4v) is 4.41. The molecule has 0 aliphatic heterocycles.